The highest BCUT2D eigenvalue weighted by Crippen LogP contribution is 2.31. The second-order valence-electron chi connectivity index (χ2n) is 3.13. The van der Waals surface area contributed by atoms with Crippen molar-refractivity contribution in [2.75, 3.05) is 6.61 Å². The first-order valence-corrected chi connectivity index (χ1v) is 4.57. The molecule has 0 saturated carbocycles. The molecule has 0 amide bonds. The Bertz CT molecular complexity index is 547. The summed E-state index contributed by atoms with van der Waals surface area (Å²) in [6, 6.07) is 2.99. The van der Waals surface area contributed by atoms with Crippen LogP contribution in [0.5, 0.6) is 5.75 Å². The van der Waals surface area contributed by atoms with E-state index in [9.17, 15) is 10.1 Å². The number of aromatic nitrogens is 2. The summed E-state index contributed by atoms with van der Waals surface area (Å²) in [6.45, 7) is 3.71. The molecule has 0 unspecified atom stereocenters. The number of fused-ring (bicyclic) bond motifs is 1. The third-order valence-electron chi connectivity index (χ3n) is 2.07. The lowest BCUT2D eigenvalue weighted by Crippen LogP contribution is -1.98. The summed E-state index contributed by atoms with van der Waals surface area (Å²) in [6.07, 6.45) is 3.06. The lowest BCUT2D eigenvalue weighted by molar-refractivity contribution is -0.385. The van der Waals surface area contributed by atoms with Crippen LogP contribution in [0.4, 0.5) is 5.69 Å². The van der Waals surface area contributed by atoms with Gasteiger partial charge in [-0.3, -0.25) is 15.2 Å². The third-order valence-corrected chi connectivity index (χ3v) is 2.07. The number of aromatic amines is 1. The maximum atomic E-state index is 10.8. The SMILES string of the molecule is C=CCOc1cc2[nH]ncc2cc1[N+](=O)[O-]. The molecule has 0 bridgehead atoms. The predicted molar refractivity (Wildman–Crippen MR) is 58.4 cm³/mol. The van der Waals surface area contributed by atoms with E-state index in [0.29, 0.717) is 10.9 Å². The number of hydrogen-bond donors (Lipinski definition) is 1. The highest BCUT2D eigenvalue weighted by atomic mass is 16.6. The normalized spacial score (nSPS) is 10.2. The van der Waals surface area contributed by atoms with Crippen LogP contribution in [-0.2, 0) is 0 Å². The van der Waals surface area contributed by atoms with Gasteiger partial charge in [0.2, 0.25) is 0 Å². The van der Waals surface area contributed by atoms with Crippen LogP contribution >= 0.6 is 0 Å². The average Bonchev–Trinajstić information content (AvgIpc) is 2.71. The molecule has 1 aromatic carbocycles. The van der Waals surface area contributed by atoms with Gasteiger partial charge in [-0.25, -0.2) is 0 Å². The number of ether oxygens (including phenoxy) is 1. The van der Waals surface area contributed by atoms with Gasteiger partial charge in [-0.2, -0.15) is 5.10 Å². The average molecular weight is 219 g/mol. The second-order valence-corrected chi connectivity index (χ2v) is 3.13. The van der Waals surface area contributed by atoms with Crippen molar-refractivity contribution in [1.82, 2.24) is 10.2 Å². The van der Waals surface area contributed by atoms with Crippen molar-refractivity contribution in [3.05, 3.63) is 41.1 Å². The van der Waals surface area contributed by atoms with Gasteiger partial charge in [-0.1, -0.05) is 12.7 Å². The summed E-state index contributed by atoms with van der Waals surface area (Å²) in [5.41, 5.74) is 0.625. The summed E-state index contributed by atoms with van der Waals surface area (Å²) in [7, 11) is 0. The number of nitro groups is 1. The van der Waals surface area contributed by atoms with Crippen molar-refractivity contribution < 1.29 is 9.66 Å². The zero-order chi connectivity index (χ0) is 11.5. The summed E-state index contributed by atoms with van der Waals surface area (Å²) >= 11 is 0. The smallest absolute Gasteiger partial charge is 0.311 e. The standard InChI is InChI=1S/C10H9N3O3/c1-2-3-16-10-5-8-7(6-11-12-8)4-9(10)13(14)15/h2,4-6H,1,3H2,(H,11,12). The van der Waals surface area contributed by atoms with Gasteiger partial charge in [0.1, 0.15) is 6.61 Å². The van der Waals surface area contributed by atoms with Crippen molar-refractivity contribution in [3.8, 4) is 5.75 Å². The zero-order valence-electron chi connectivity index (χ0n) is 8.34. The van der Waals surface area contributed by atoms with Crippen LogP contribution < -0.4 is 4.74 Å². The Morgan fingerprint density at radius 3 is 3.12 bits per heavy atom. The Labute approximate surface area is 90.7 Å². The molecule has 16 heavy (non-hydrogen) atoms. The van der Waals surface area contributed by atoms with Crippen molar-refractivity contribution in [2.45, 2.75) is 0 Å². The number of benzene rings is 1. The Hall–Kier alpha value is -2.37. The summed E-state index contributed by atoms with van der Waals surface area (Å²) < 4.78 is 5.22. The van der Waals surface area contributed by atoms with Crippen LogP contribution in [-0.4, -0.2) is 21.7 Å². The maximum Gasteiger partial charge on any atom is 0.311 e. The molecule has 2 aromatic rings. The fourth-order valence-electron chi connectivity index (χ4n) is 1.37. The van der Waals surface area contributed by atoms with E-state index in [1.54, 1.807) is 6.07 Å². The highest BCUT2D eigenvalue weighted by molar-refractivity contribution is 5.83. The summed E-state index contributed by atoms with van der Waals surface area (Å²) in [5.74, 6) is 0.210. The topological polar surface area (TPSA) is 81.0 Å². The van der Waals surface area contributed by atoms with Gasteiger partial charge in [0.15, 0.2) is 5.75 Å². The van der Waals surface area contributed by atoms with Gasteiger partial charge in [-0.15, -0.1) is 0 Å². The molecule has 2 rings (SSSR count). The Kier molecular flexibility index (Phi) is 2.55. The Balaban J connectivity index is 2.53. The Morgan fingerprint density at radius 2 is 2.44 bits per heavy atom. The van der Waals surface area contributed by atoms with Gasteiger partial charge in [0, 0.05) is 17.5 Å². The first-order chi connectivity index (χ1) is 7.72. The summed E-state index contributed by atoms with van der Waals surface area (Å²) in [5, 5.41) is 18.0. The van der Waals surface area contributed by atoms with E-state index >= 15 is 0 Å². The van der Waals surface area contributed by atoms with Crippen LogP contribution in [0.3, 0.4) is 0 Å². The molecule has 1 heterocycles. The van der Waals surface area contributed by atoms with E-state index in [1.807, 2.05) is 0 Å². The van der Waals surface area contributed by atoms with Crippen LogP contribution in [0, 0.1) is 10.1 Å². The van der Waals surface area contributed by atoms with Gasteiger partial charge in [-0.05, 0) is 0 Å². The van der Waals surface area contributed by atoms with E-state index < -0.39 is 4.92 Å². The molecule has 82 valence electrons. The second kappa shape index (κ2) is 4.01. The van der Waals surface area contributed by atoms with Crippen molar-refractivity contribution >= 4 is 16.6 Å². The fourth-order valence-corrected chi connectivity index (χ4v) is 1.37. The third kappa shape index (κ3) is 1.72. The minimum Gasteiger partial charge on any atom is -0.483 e. The van der Waals surface area contributed by atoms with Crippen LogP contribution in [0.2, 0.25) is 0 Å². The van der Waals surface area contributed by atoms with Crippen LogP contribution in [0.1, 0.15) is 0 Å². The minimum atomic E-state index is -0.481. The lowest BCUT2D eigenvalue weighted by atomic mass is 10.2. The molecular weight excluding hydrogens is 210 g/mol. The quantitative estimate of drug-likeness (QED) is 0.484. The van der Waals surface area contributed by atoms with Gasteiger partial charge >= 0.3 is 5.69 Å². The molecule has 0 atom stereocenters. The Morgan fingerprint density at radius 1 is 1.62 bits per heavy atom. The molecular formula is C10H9N3O3. The molecule has 0 saturated heterocycles. The number of nitrogens with zero attached hydrogens (tertiary/aromatic N) is 2. The predicted octanol–water partition coefficient (Wildman–Crippen LogP) is 2.04. The number of H-pyrrole nitrogens is 1. The monoisotopic (exact) mass is 219 g/mol. The van der Waals surface area contributed by atoms with E-state index in [2.05, 4.69) is 16.8 Å². The lowest BCUT2D eigenvalue weighted by Gasteiger charge is -2.03. The van der Waals surface area contributed by atoms with E-state index in [4.69, 9.17) is 4.74 Å². The molecule has 0 aliphatic carbocycles. The summed E-state index contributed by atoms with van der Waals surface area (Å²) in [4.78, 5) is 10.3. The fraction of sp³-hybridized carbons (Fsp3) is 0.100. The van der Waals surface area contributed by atoms with Crippen LogP contribution in [0.25, 0.3) is 10.9 Å². The molecule has 0 aliphatic rings. The molecule has 0 spiro atoms. The molecule has 1 N–H and O–H groups in total. The van der Waals surface area contributed by atoms with E-state index in [0.717, 1.165) is 0 Å². The minimum absolute atomic E-state index is 0.0734. The molecule has 6 heteroatoms. The first-order valence-electron chi connectivity index (χ1n) is 4.57. The molecule has 6 nitrogen and oxygen atoms in total. The van der Waals surface area contributed by atoms with Gasteiger partial charge in [0.25, 0.3) is 0 Å². The number of nitrogens with one attached hydrogen (secondary N) is 1. The van der Waals surface area contributed by atoms with Crippen LogP contribution in [0.15, 0.2) is 31.0 Å². The van der Waals surface area contributed by atoms with Crippen molar-refractivity contribution in [1.29, 1.82) is 0 Å². The number of nitro benzene ring substituents is 1. The first kappa shape index (κ1) is 10.2. The molecule has 1 aromatic heterocycles. The zero-order valence-corrected chi connectivity index (χ0v) is 8.34. The molecule has 0 aliphatic heterocycles. The van der Waals surface area contributed by atoms with E-state index in [-0.39, 0.29) is 18.0 Å². The largest absolute Gasteiger partial charge is 0.483 e. The van der Waals surface area contributed by atoms with Gasteiger partial charge < -0.3 is 4.74 Å². The number of hydrogen-bond acceptors (Lipinski definition) is 4. The van der Waals surface area contributed by atoms with E-state index in [1.165, 1.54) is 18.3 Å². The number of rotatable bonds is 4. The maximum absolute atomic E-state index is 10.8. The van der Waals surface area contributed by atoms with Gasteiger partial charge in [0.05, 0.1) is 16.6 Å². The molecule has 0 fully saturated rings. The van der Waals surface area contributed by atoms with Crippen molar-refractivity contribution in [3.63, 3.8) is 0 Å². The molecule has 0 radical (unpaired) electrons. The van der Waals surface area contributed by atoms with Crippen molar-refractivity contribution in [2.24, 2.45) is 0 Å². The highest BCUT2D eigenvalue weighted by Gasteiger charge is 2.16.